The second-order valence-electron chi connectivity index (χ2n) is 7.58. The van der Waals surface area contributed by atoms with Gasteiger partial charge in [-0.05, 0) is 42.8 Å². The highest BCUT2D eigenvalue weighted by Crippen LogP contribution is 2.22. The fraction of sp³-hybridized carbons (Fsp3) is 0.391. The Bertz CT molecular complexity index is 904. The van der Waals surface area contributed by atoms with Crippen LogP contribution in [0.1, 0.15) is 24.2 Å². The van der Waals surface area contributed by atoms with Gasteiger partial charge < -0.3 is 9.30 Å². The molecule has 1 atom stereocenters. The Hall–Kier alpha value is -2.15. The molecule has 152 valence electrons. The molecule has 6 heteroatoms. The molecule has 0 radical (unpaired) electrons. The number of hydrogen-bond acceptors (Lipinski definition) is 5. The number of benzene rings is 2. The molecule has 1 aliphatic heterocycles. The topological polar surface area (TPSA) is 43.2 Å². The van der Waals surface area contributed by atoms with E-state index in [-0.39, 0.29) is 6.10 Å². The lowest BCUT2D eigenvalue weighted by Gasteiger charge is -2.19. The van der Waals surface area contributed by atoms with Gasteiger partial charge in [-0.2, -0.15) is 0 Å². The van der Waals surface area contributed by atoms with Crippen molar-refractivity contribution in [1.82, 2.24) is 19.7 Å². The monoisotopic (exact) mass is 408 g/mol. The van der Waals surface area contributed by atoms with Crippen LogP contribution in [0.25, 0.3) is 11.1 Å². The van der Waals surface area contributed by atoms with E-state index < -0.39 is 0 Å². The van der Waals surface area contributed by atoms with Crippen LogP contribution >= 0.6 is 11.8 Å². The Balaban J connectivity index is 1.40. The van der Waals surface area contributed by atoms with Gasteiger partial charge in [-0.25, -0.2) is 0 Å². The third-order valence-electron chi connectivity index (χ3n) is 5.31. The number of aromatic nitrogens is 3. The van der Waals surface area contributed by atoms with Gasteiger partial charge in [-0.1, -0.05) is 66.4 Å². The molecule has 3 aromatic rings. The first-order valence-electron chi connectivity index (χ1n) is 10.1. The molecule has 2 heterocycles. The van der Waals surface area contributed by atoms with Crippen molar-refractivity contribution in [3.05, 3.63) is 66.0 Å². The van der Waals surface area contributed by atoms with E-state index in [2.05, 4.69) is 81.5 Å². The van der Waals surface area contributed by atoms with E-state index >= 15 is 0 Å². The van der Waals surface area contributed by atoms with Gasteiger partial charge >= 0.3 is 0 Å². The van der Waals surface area contributed by atoms with E-state index in [1.165, 1.54) is 16.7 Å². The van der Waals surface area contributed by atoms with Crippen LogP contribution in [0.4, 0.5) is 0 Å². The maximum Gasteiger partial charge on any atom is 0.191 e. The Morgan fingerprint density at radius 2 is 1.79 bits per heavy atom. The third-order valence-corrected chi connectivity index (χ3v) is 5.98. The lowest BCUT2D eigenvalue weighted by Crippen LogP contribution is -2.23. The molecule has 1 aliphatic rings. The first kappa shape index (κ1) is 20.1. The highest BCUT2D eigenvalue weighted by molar-refractivity contribution is 7.98. The normalized spacial score (nSPS) is 16.6. The van der Waals surface area contributed by atoms with Crippen LogP contribution in [-0.2, 0) is 24.4 Å². The van der Waals surface area contributed by atoms with Crippen molar-refractivity contribution in [2.24, 2.45) is 0 Å². The number of ether oxygens (including phenoxy) is 1. The van der Waals surface area contributed by atoms with Gasteiger partial charge in [0.2, 0.25) is 0 Å². The molecule has 0 N–H and O–H groups in total. The first-order valence-corrected chi connectivity index (χ1v) is 11.4. The first-order chi connectivity index (χ1) is 14.2. The van der Waals surface area contributed by atoms with Crippen molar-refractivity contribution in [2.45, 2.75) is 43.7 Å². The van der Waals surface area contributed by atoms with Crippen LogP contribution in [0.3, 0.4) is 0 Å². The van der Waals surface area contributed by atoms with Gasteiger partial charge in [0, 0.05) is 13.2 Å². The van der Waals surface area contributed by atoms with Crippen molar-refractivity contribution in [1.29, 1.82) is 0 Å². The SMILES string of the molecule is CSc1nnc(CN(C)Cc2ccc(-c3ccccc3)cc2)n1C[C@@H]1CCCO1. The van der Waals surface area contributed by atoms with Crippen LogP contribution in [0.2, 0.25) is 0 Å². The van der Waals surface area contributed by atoms with Gasteiger partial charge in [0.05, 0.1) is 19.2 Å². The highest BCUT2D eigenvalue weighted by atomic mass is 32.2. The summed E-state index contributed by atoms with van der Waals surface area (Å²) in [5, 5.41) is 9.80. The van der Waals surface area contributed by atoms with Crippen LogP contribution in [0.5, 0.6) is 0 Å². The van der Waals surface area contributed by atoms with E-state index in [4.69, 9.17) is 4.74 Å². The molecular weight excluding hydrogens is 380 g/mol. The summed E-state index contributed by atoms with van der Waals surface area (Å²) in [5.74, 6) is 1.01. The molecule has 0 spiro atoms. The highest BCUT2D eigenvalue weighted by Gasteiger charge is 2.21. The molecule has 0 saturated carbocycles. The average Bonchev–Trinajstić information content (AvgIpc) is 3.40. The molecule has 2 aromatic carbocycles. The molecule has 1 fully saturated rings. The zero-order valence-corrected chi connectivity index (χ0v) is 17.9. The second kappa shape index (κ2) is 9.57. The van der Waals surface area contributed by atoms with Crippen molar-refractivity contribution in [3.63, 3.8) is 0 Å². The smallest absolute Gasteiger partial charge is 0.191 e. The Morgan fingerprint density at radius 1 is 1.03 bits per heavy atom. The predicted octanol–water partition coefficient (Wildman–Crippen LogP) is 4.48. The van der Waals surface area contributed by atoms with E-state index in [1.807, 2.05) is 6.07 Å². The molecule has 0 amide bonds. The van der Waals surface area contributed by atoms with Crippen molar-refractivity contribution < 1.29 is 4.74 Å². The van der Waals surface area contributed by atoms with Crippen molar-refractivity contribution in [2.75, 3.05) is 19.9 Å². The zero-order valence-electron chi connectivity index (χ0n) is 17.1. The summed E-state index contributed by atoms with van der Waals surface area (Å²) in [7, 11) is 2.13. The van der Waals surface area contributed by atoms with Gasteiger partial charge in [-0.3, -0.25) is 4.90 Å². The molecule has 1 aromatic heterocycles. The summed E-state index contributed by atoms with van der Waals surface area (Å²) in [6, 6.07) is 19.3. The standard InChI is InChI=1S/C23H28N4OS/c1-26(15-18-10-12-20(13-11-18)19-7-4-3-5-8-19)17-22-24-25-23(29-2)27(22)16-21-9-6-14-28-21/h3-5,7-8,10-13,21H,6,9,14-17H2,1-2H3/t21-/m0/s1. The Labute approximate surface area is 177 Å². The summed E-state index contributed by atoms with van der Waals surface area (Å²) in [4.78, 5) is 2.29. The van der Waals surface area contributed by atoms with Crippen LogP contribution < -0.4 is 0 Å². The molecule has 1 saturated heterocycles. The number of nitrogens with zero attached hydrogens (tertiary/aromatic N) is 4. The minimum atomic E-state index is 0.284. The third kappa shape index (κ3) is 5.07. The predicted molar refractivity (Wildman–Crippen MR) is 118 cm³/mol. The fourth-order valence-corrected chi connectivity index (χ4v) is 4.33. The summed E-state index contributed by atoms with van der Waals surface area (Å²) in [6.45, 7) is 3.35. The minimum Gasteiger partial charge on any atom is -0.376 e. The van der Waals surface area contributed by atoms with E-state index in [0.717, 1.165) is 50.1 Å². The van der Waals surface area contributed by atoms with Gasteiger partial charge in [-0.15, -0.1) is 10.2 Å². The number of hydrogen-bond donors (Lipinski definition) is 0. The number of rotatable bonds is 8. The lowest BCUT2D eigenvalue weighted by molar-refractivity contribution is 0.0934. The summed E-state index contributed by atoms with van der Waals surface area (Å²) in [5.41, 5.74) is 3.79. The van der Waals surface area contributed by atoms with Gasteiger partial charge in [0.25, 0.3) is 0 Å². The molecule has 0 aliphatic carbocycles. The van der Waals surface area contributed by atoms with E-state index in [1.54, 1.807) is 11.8 Å². The van der Waals surface area contributed by atoms with Gasteiger partial charge in [0.1, 0.15) is 5.82 Å². The molecule has 0 bridgehead atoms. The van der Waals surface area contributed by atoms with Crippen molar-refractivity contribution in [3.8, 4) is 11.1 Å². The average molecular weight is 409 g/mol. The van der Waals surface area contributed by atoms with Crippen LogP contribution in [0.15, 0.2) is 59.8 Å². The van der Waals surface area contributed by atoms with Crippen LogP contribution in [-0.4, -0.2) is 45.7 Å². The summed E-state index contributed by atoms with van der Waals surface area (Å²) >= 11 is 1.65. The summed E-state index contributed by atoms with van der Waals surface area (Å²) in [6.07, 6.45) is 4.61. The second-order valence-corrected chi connectivity index (χ2v) is 8.36. The zero-order chi connectivity index (χ0) is 20.1. The Morgan fingerprint density at radius 3 is 2.48 bits per heavy atom. The molecule has 4 rings (SSSR count). The quantitative estimate of drug-likeness (QED) is 0.514. The maximum atomic E-state index is 5.83. The van der Waals surface area contributed by atoms with Gasteiger partial charge in [0.15, 0.2) is 5.16 Å². The minimum absolute atomic E-state index is 0.284. The molecule has 29 heavy (non-hydrogen) atoms. The fourth-order valence-electron chi connectivity index (χ4n) is 3.80. The van der Waals surface area contributed by atoms with E-state index in [9.17, 15) is 0 Å². The lowest BCUT2D eigenvalue weighted by atomic mass is 10.0. The number of thioether (sulfide) groups is 1. The van der Waals surface area contributed by atoms with E-state index in [0.29, 0.717) is 0 Å². The maximum absolute atomic E-state index is 5.83. The summed E-state index contributed by atoms with van der Waals surface area (Å²) < 4.78 is 8.06. The molecule has 0 unspecified atom stereocenters. The molecule has 5 nitrogen and oxygen atoms in total. The molecular formula is C23H28N4OS. The Kier molecular flexibility index (Phi) is 6.64. The largest absolute Gasteiger partial charge is 0.376 e. The van der Waals surface area contributed by atoms with Crippen molar-refractivity contribution >= 4 is 11.8 Å². The van der Waals surface area contributed by atoms with Crippen LogP contribution in [0, 0.1) is 0 Å².